The van der Waals surface area contributed by atoms with E-state index in [4.69, 9.17) is 28.9 Å². The summed E-state index contributed by atoms with van der Waals surface area (Å²) in [6, 6.07) is 8.05. The molecule has 212 valence electrons. The van der Waals surface area contributed by atoms with Gasteiger partial charge in [-0.25, -0.2) is 0 Å². The zero-order chi connectivity index (χ0) is 29.8. The second kappa shape index (κ2) is 10.3. The fourth-order valence-corrected chi connectivity index (χ4v) is 5.29. The second-order valence-electron chi connectivity index (χ2n) is 8.44. The molecule has 0 saturated heterocycles. The number of hydrogen-bond donors (Lipinski definition) is 1. The maximum absolute atomic E-state index is 13.7. The molecule has 4 aromatic rings. The Morgan fingerprint density at radius 3 is 1.85 bits per heavy atom. The van der Waals surface area contributed by atoms with Gasteiger partial charge in [0.25, 0.3) is 5.56 Å². The molecule has 0 fully saturated rings. The first-order valence-corrected chi connectivity index (χ1v) is 12.4. The first-order valence-electron chi connectivity index (χ1n) is 10.8. The van der Waals surface area contributed by atoms with Gasteiger partial charge in [0.15, 0.2) is 0 Å². The van der Waals surface area contributed by atoms with E-state index in [9.17, 15) is 44.3 Å². The van der Waals surface area contributed by atoms with Crippen LogP contribution in [0, 0.1) is 0 Å². The van der Waals surface area contributed by atoms with Gasteiger partial charge in [0.2, 0.25) is 0 Å². The number of thiophene rings is 1. The predicted molar refractivity (Wildman–Crippen MR) is 134 cm³/mol. The SMILES string of the molecule is Nc1c(C(F)(F)F)cc(-c2ccc(-c3cc(C(F)(F)F)cc(C(F)(F)F)c3)s2)n(Cc2ccc(Cl)cc2Cl)c1=O. The minimum Gasteiger partial charge on any atom is -0.394 e. The summed E-state index contributed by atoms with van der Waals surface area (Å²) in [5.74, 6) is 0. The summed E-state index contributed by atoms with van der Waals surface area (Å²) in [6.07, 6.45) is -15.3. The van der Waals surface area contributed by atoms with Crippen LogP contribution in [-0.2, 0) is 25.1 Å². The van der Waals surface area contributed by atoms with Crippen LogP contribution in [0.1, 0.15) is 22.3 Å². The monoisotopic (exact) mass is 630 g/mol. The number of pyridine rings is 1. The molecule has 4 rings (SSSR count). The minimum absolute atomic E-state index is 0.0406. The zero-order valence-corrected chi connectivity index (χ0v) is 21.7. The summed E-state index contributed by atoms with van der Waals surface area (Å²) < 4.78 is 122. The molecule has 0 aliphatic rings. The maximum atomic E-state index is 13.7. The molecule has 2 aromatic heterocycles. The normalized spacial score (nSPS) is 12.7. The molecule has 0 unspecified atom stereocenters. The molecule has 15 heteroatoms. The van der Waals surface area contributed by atoms with Crippen LogP contribution in [0.4, 0.5) is 45.2 Å². The van der Waals surface area contributed by atoms with Gasteiger partial charge in [0, 0.05) is 14.9 Å². The molecular weight excluding hydrogens is 618 g/mol. The Kier molecular flexibility index (Phi) is 7.71. The molecule has 3 nitrogen and oxygen atoms in total. The third-order valence-electron chi connectivity index (χ3n) is 5.72. The van der Waals surface area contributed by atoms with Gasteiger partial charge in [0.1, 0.15) is 5.69 Å². The number of rotatable bonds is 4. The van der Waals surface area contributed by atoms with Crippen LogP contribution in [0.15, 0.2) is 59.4 Å². The summed E-state index contributed by atoms with van der Waals surface area (Å²) in [5, 5.41) is 0.329. The lowest BCUT2D eigenvalue weighted by Crippen LogP contribution is -2.28. The topological polar surface area (TPSA) is 48.0 Å². The van der Waals surface area contributed by atoms with Crippen molar-refractivity contribution in [2.45, 2.75) is 25.1 Å². The number of halogens is 11. The van der Waals surface area contributed by atoms with Gasteiger partial charge < -0.3 is 10.3 Å². The van der Waals surface area contributed by atoms with Gasteiger partial charge in [-0.2, -0.15) is 39.5 Å². The number of hydrogen-bond acceptors (Lipinski definition) is 3. The Labute approximate surface area is 233 Å². The highest BCUT2D eigenvalue weighted by molar-refractivity contribution is 7.18. The number of nitrogens with zero attached hydrogens (tertiary/aromatic N) is 1. The number of aromatic nitrogens is 1. The maximum Gasteiger partial charge on any atom is 0.418 e. The fraction of sp³-hybridized carbons (Fsp3) is 0.160. The summed E-state index contributed by atoms with van der Waals surface area (Å²) in [4.78, 5) is 12.8. The van der Waals surface area contributed by atoms with Crippen molar-refractivity contribution in [1.29, 1.82) is 0 Å². The zero-order valence-electron chi connectivity index (χ0n) is 19.4. The van der Waals surface area contributed by atoms with Gasteiger partial charge in [-0.3, -0.25) is 4.79 Å². The Morgan fingerprint density at radius 1 is 0.750 bits per heavy atom. The lowest BCUT2D eigenvalue weighted by Gasteiger charge is -2.18. The van der Waals surface area contributed by atoms with Crippen molar-refractivity contribution in [3.63, 3.8) is 0 Å². The highest BCUT2D eigenvalue weighted by atomic mass is 35.5. The van der Waals surface area contributed by atoms with E-state index in [2.05, 4.69) is 0 Å². The van der Waals surface area contributed by atoms with Crippen LogP contribution < -0.4 is 11.3 Å². The van der Waals surface area contributed by atoms with Crippen LogP contribution in [0.5, 0.6) is 0 Å². The van der Waals surface area contributed by atoms with Gasteiger partial charge in [-0.05, 0) is 59.7 Å². The van der Waals surface area contributed by atoms with Crippen molar-refractivity contribution in [3.8, 4) is 21.0 Å². The van der Waals surface area contributed by atoms with Crippen molar-refractivity contribution in [2.24, 2.45) is 0 Å². The lowest BCUT2D eigenvalue weighted by molar-refractivity contribution is -0.143. The second-order valence-corrected chi connectivity index (χ2v) is 10.4. The lowest BCUT2D eigenvalue weighted by atomic mass is 10.0. The Morgan fingerprint density at radius 2 is 1.32 bits per heavy atom. The van der Waals surface area contributed by atoms with E-state index in [1.54, 1.807) is 0 Å². The standard InChI is InChI=1S/C25H13Cl2F9N2OS/c26-15-2-1-11(17(27)8-15)10-38-18(9-16(25(34,35)36)21(37)22(38)39)20-4-3-19(40-20)12-5-13(23(28,29)30)7-14(6-12)24(31,32)33/h1-9H,10,37H2. The minimum atomic E-state index is -5.10. The molecule has 0 amide bonds. The number of benzene rings is 2. The van der Waals surface area contributed by atoms with Crippen LogP contribution in [0.2, 0.25) is 10.0 Å². The first kappa shape index (κ1) is 29.8. The van der Waals surface area contributed by atoms with Crippen molar-refractivity contribution in [1.82, 2.24) is 4.57 Å². The average Bonchev–Trinajstić information content (AvgIpc) is 3.31. The van der Waals surface area contributed by atoms with Gasteiger partial charge in [-0.15, -0.1) is 11.3 Å². The molecule has 40 heavy (non-hydrogen) atoms. The number of anilines is 1. The van der Waals surface area contributed by atoms with Crippen molar-refractivity contribution >= 4 is 40.2 Å². The number of nitrogen functional groups attached to an aromatic ring is 1. The van der Waals surface area contributed by atoms with E-state index >= 15 is 0 Å². The third kappa shape index (κ3) is 6.11. The summed E-state index contributed by atoms with van der Waals surface area (Å²) >= 11 is 12.6. The Hall–Kier alpha value is -3.16. The van der Waals surface area contributed by atoms with Crippen LogP contribution in [-0.4, -0.2) is 4.57 Å². The predicted octanol–water partition coefficient (Wildman–Crippen LogP) is 9.24. The van der Waals surface area contributed by atoms with E-state index in [1.165, 1.54) is 24.3 Å². The van der Waals surface area contributed by atoms with E-state index < -0.39 is 52.0 Å². The van der Waals surface area contributed by atoms with Crippen molar-refractivity contribution < 1.29 is 39.5 Å². The fourth-order valence-electron chi connectivity index (χ4n) is 3.81. The largest absolute Gasteiger partial charge is 0.418 e. The molecule has 0 saturated carbocycles. The highest BCUT2D eigenvalue weighted by Gasteiger charge is 2.38. The number of alkyl halides is 9. The number of nitrogens with two attached hydrogens (primary N) is 1. The summed E-state index contributed by atoms with van der Waals surface area (Å²) in [7, 11) is 0. The molecule has 0 aliphatic heterocycles. The molecule has 0 spiro atoms. The van der Waals surface area contributed by atoms with Gasteiger partial charge in [0.05, 0.1) is 33.8 Å². The van der Waals surface area contributed by atoms with Crippen LogP contribution >= 0.6 is 34.5 Å². The third-order valence-corrected chi connectivity index (χ3v) is 7.46. The Balaban J connectivity index is 1.92. The van der Waals surface area contributed by atoms with Gasteiger partial charge in [-0.1, -0.05) is 29.3 Å². The van der Waals surface area contributed by atoms with E-state index in [1.807, 2.05) is 0 Å². The molecule has 2 heterocycles. The molecular formula is C25H13Cl2F9N2OS. The quantitative estimate of drug-likeness (QED) is 0.229. The molecule has 2 aromatic carbocycles. The van der Waals surface area contributed by atoms with E-state index in [0.29, 0.717) is 29.5 Å². The van der Waals surface area contributed by atoms with Crippen LogP contribution in [0.3, 0.4) is 0 Å². The highest BCUT2D eigenvalue weighted by Crippen LogP contribution is 2.42. The van der Waals surface area contributed by atoms with E-state index in [0.717, 1.165) is 10.6 Å². The molecule has 0 atom stereocenters. The molecule has 0 aliphatic carbocycles. The molecule has 0 radical (unpaired) electrons. The van der Waals surface area contributed by atoms with Crippen molar-refractivity contribution in [3.05, 3.63) is 97.3 Å². The first-order chi connectivity index (χ1) is 18.4. The van der Waals surface area contributed by atoms with Crippen molar-refractivity contribution in [2.75, 3.05) is 5.73 Å². The average molecular weight is 631 g/mol. The van der Waals surface area contributed by atoms with Crippen LogP contribution in [0.25, 0.3) is 21.0 Å². The summed E-state index contributed by atoms with van der Waals surface area (Å²) in [6.45, 7) is -0.373. The Bertz CT molecular complexity index is 1620. The van der Waals surface area contributed by atoms with E-state index in [-0.39, 0.29) is 43.7 Å². The molecule has 2 N–H and O–H groups in total. The summed E-state index contributed by atoms with van der Waals surface area (Å²) in [5.41, 5.74) is -1.93. The van der Waals surface area contributed by atoms with Gasteiger partial charge >= 0.3 is 18.5 Å². The molecule has 0 bridgehead atoms. The smallest absolute Gasteiger partial charge is 0.394 e.